The second kappa shape index (κ2) is 8.01. The van der Waals surface area contributed by atoms with Crippen molar-refractivity contribution < 1.29 is 24.5 Å². The number of nitrogens with one attached hydrogen (secondary N) is 1. The Hall–Kier alpha value is -2.53. The maximum absolute atomic E-state index is 12.2. The van der Waals surface area contributed by atoms with Crippen LogP contribution >= 0.6 is 34.4 Å². The third-order valence-corrected chi connectivity index (χ3v) is 5.30. The SMILES string of the molecule is COc1cc(/C=C2\SC(=Nc3ccc(C(=O)O)cc3)NC2=O)cc(I)c1O. The highest BCUT2D eigenvalue weighted by Gasteiger charge is 2.24. The molecule has 0 radical (unpaired) electrons. The largest absolute Gasteiger partial charge is 0.504 e. The molecule has 138 valence electrons. The van der Waals surface area contributed by atoms with E-state index >= 15 is 0 Å². The molecule has 2 aromatic rings. The molecule has 1 saturated heterocycles. The second-order valence-electron chi connectivity index (χ2n) is 5.39. The van der Waals surface area contributed by atoms with E-state index in [4.69, 9.17) is 9.84 Å². The molecule has 3 N–H and O–H groups in total. The van der Waals surface area contributed by atoms with E-state index in [1.807, 2.05) is 22.6 Å². The van der Waals surface area contributed by atoms with Crippen LogP contribution < -0.4 is 10.1 Å². The highest BCUT2D eigenvalue weighted by molar-refractivity contribution is 14.1. The summed E-state index contributed by atoms with van der Waals surface area (Å²) in [7, 11) is 1.46. The van der Waals surface area contributed by atoms with Gasteiger partial charge in [0.25, 0.3) is 5.91 Å². The van der Waals surface area contributed by atoms with Crippen LogP contribution in [0.2, 0.25) is 0 Å². The summed E-state index contributed by atoms with van der Waals surface area (Å²) in [5, 5.41) is 21.9. The molecule has 1 fully saturated rings. The number of carbonyl (C=O) groups excluding carboxylic acids is 1. The lowest BCUT2D eigenvalue weighted by Gasteiger charge is -2.06. The average molecular weight is 496 g/mol. The first-order valence-corrected chi connectivity index (χ1v) is 9.46. The van der Waals surface area contributed by atoms with Crippen molar-refractivity contribution in [2.24, 2.45) is 4.99 Å². The number of carboxylic acid groups (broad SMARTS) is 1. The highest BCUT2D eigenvalue weighted by Crippen LogP contribution is 2.35. The van der Waals surface area contributed by atoms with Crippen molar-refractivity contribution in [3.63, 3.8) is 0 Å². The minimum atomic E-state index is -1.01. The topological polar surface area (TPSA) is 108 Å². The Labute approximate surface area is 172 Å². The van der Waals surface area contributed by atoms with Crippen LogP contribution in [-0.2, 0) is 4.79 Å². The van der Waals surface area contributed by atoms with E-state index in [0.29, 0.717) is 30.6 Å². The van der Waals surface area contributed by atoms with Crippen molar-refractivity contribution >= 4 is 63.2 Å². The number of thioether (sulfide) groups is 1. The van der Waals surface area contributed by atoms with Crippen molar-refractivity contribution in [3.8, 4) is 11.5 Å². The van der Waals surface area contributed by atoms with Gasteiger partial charge in [-0.3, -0.25) is 4.79 Å². The zero-order chi connectivity index (χ0) is 19.6. The summed E-state index contributed by atoms with van der Waals surface area (Å²) < 4.78 is 5.73. The summed E-state index contributed by atoms with van der Waals surface area (Å²) >= 11 is 3.16. The number of halogens is 1. The fourth-order valence-corrected chi connectivity index (χ4v) is 3.73. The number of phenolic OH excluding ortho intramolecular Hbond substituents is 1. The zero-order valence-electron chi connectivity index (χ0n) is 13.9. The van der Waals surface area contributed by atoms with Crippen LogP contribution in [0.15, 0.2) is 46.3 Å². The first-order chi connectivity index (χ1) is 12.9. The molecule has 2 aromatic carbocycles. The first-order valence-electron chi connectivity index (χ1n) is 7.57. The number of carboxylic acids is 1. The summed E-state index contributed by atoms with van der Waals surface area (Å²) in [5.74, 6) is -0.926. The number of amides is 1. The second-order valence-corrected chi connectivity index (χ2v) is 7.58. The number of phenols is 1. The lowest BCUT2D eigenvalue weighted by Crippen LogP contribution is -2.19. The van der Waals surface area contributed by atoms with E-state index < -0.39 is 5.97 Å². The Morgan fingerprint density at radius 2 is 2.00 bits per heavy atom. The number of hydrogen-bond donors (Lipinski definition) is 3. The molecule has 7 nitrogen and oxygen atoms in total. The third-order valence-electron chi connectivity index (χ3n) is 3.56. The van der Waals surface area contributed by atoms with E-state index in [-0.39, 0.29) is 17.2 Å². The first kappa shape index (κ1) is 19.2. The van der Waals surface area contributed by atoms with Crippen LogP contribution in [0.5, 0.6) is 11.5 Å². The smallest absolute Gasteiger partial charge is 0.335 e. The van der Waals surface area contributed by atoms with Gasteiger partial charge >= 0.3 is 5.97 Å². The van der Waals surface area contributed by atoms with E-state index in [2.05, 4.69) is 10.3 Å². The van der Waals surface area contributed by atoms with Crippen molar-refractivity contribution in [2.45, 2.75) is 0 Å². The number of aliphatic imine (C=N–C) groups is 1. The van der Waals surface area contributed by atoms with Gasteiger partial charge in [-0.1, -0.05) is 0 Å². The number of nitrogens with zero attached hydrogens (tertiary/aromatic N) is 1. The van der Waals surface area contributed by atoms with Gasteiger partial charge in [0, 0.05) is 0 Å². The molecule has 0 spiro atoms. The molecule has 0 bridgehead atoms. The number of ether oxygens (including phenoxy) is 1. The molecule has 1 amide bonds. The van der Waals surface area contributed by atoms with Gasteiger partial charge in [-0.05, 0) is 82.4 Å². The van der Waals surface area contributed by atoms with Crippen LogP contribution in [-0.4, -0.2) is 34.4 Å². The summed E-state index contributed by atoms with van der Waals surface area (Å²) in [6.07, 6.45) is 1.68. The fraction of sp³-hybridized carbons (Fsp3) is 0.0556. The van der Waals surface area contributed by atoms with Gasteiger partial charge in [0.1, 0.15) is 0 Å². The van der Waals surface area contributed by atoms with E-state index in [0.717, 1.165) is 0 Å². The van der Waals surface area contributed by atoms with Gasteiger partial charge in [-0.15, -0.1) is 0 Å². The van der Waals surface area contributed by atoms with Crippen LogP contribution in [0.3, 0.4) is 0 Å². The summed E-state index contributed by atoms with van der Waals surface area (Å²) in [6, 6.07) is 9.41. The number of methoxy groups -OCH3 is 1. The van der Waals surface area contributed by atoms with Gasteiger partial charge < -0.3 is 20.3 Å². The van der Waals surface area contributed by atoms with Gasteiger partial charge in [-0.2, -0.15) is 0 Å². The number of rotatable bonds is 4. The number of hydrogen-bond acceptors (Lipinski definition) is 6. The standard InChI is InChI=1S/C18H13IN2O5S/c1-26-13-7-9(6-12(19)15(13)22)8-14-16(23)21-18(27-14)20-11-4-2-10(3-5-11)17(24)25/h2-8,22H,1H3,(H,24,25)(H,20,21,23)/b14-8-. The summed E-state index contributed by atoms with van der Waals surface area (Å²) in [6.45, 7) is 0. The Kier molecular flexibility index (Phi) is 5.71. The highest BCUT2D eigenvalue weighted by atomic mass is 127. The molecule has 1 aliphatic heterocycles. The molecule has 3 rings (SSSR count). The molecule has 0 aliphatic carbocycles. The molecule has 9 heteroatoms. The Balaban J connectivity index is 1.84. The third kappa shape index (κ3) is 4.42. The normalized spacial score (nSPS) is 16.6. The van der Waals surface area contributed by atoms with Crippen LogP contribution in [0.1, 0.15) is 15.9 Å². The van der Waals surface area contributed by atoms with Crippen LogP contribution in [0, 0.1) is 3.57 Å². The summed E-state index contributed by atoms with van der Waals surface area (Å²) in [4.78, 5) is 27.8. The fourth-order valence-electron chi connectivity index (χ4n) is 2.26. The van der Waals surface area contributed by atoms with Crippen LogP contribution in [0.4, 0.5) is 5.69 Å². The van der Waals surface area contributed by atoms with Crippen molar-refractivity contribution in [2.75, 3.05) is 7.11 Å². The van der Waals surface area contributed by atoms with Crippen LogP contribution in [0.25, 0.3) is 6.08 Å². The monoisotopic (exact) mass is 496 g/mol. The predicted octanol–water partition coefficient (Wildman–Crippen LogP) is 3.60. The van der Waals surface area contributed by atoms with Gasteiger partial charge in [0.05, 0.1) is 26.8 Å². The number of aromatic hydroxyl groups is 1. The predicted molar refractivity (Wildman–Crippen MR) is 112 cm³/mol. The quantitative estimate of drug-likeness (QED) is 0.441. The Morgan fingerprint density at radius 1 is 1.30 bits per heavy atom. The minimum Gasteiger partial charge on any atom is -0.504 e. The average Bonchev–Trinajstić information content (AvgIpc) is 2.97. The number of aromatic carboxylic acids is 1. The molecule has 0 atom stereocenters. The van der Waals surface area contributed by atoms with Crippen molar-refractivity contribution in [3.05, 3.63) is 56.0 Å². The molecule has 27 heavy (non-hydrogen) atoms. The molecule has 0 saturated carbocycles. The maximum Gasteiger partial charge on any atom is 0.335 e. The lowest BCUT2D eigenvalue weighted by atomic mass is 10.2. The van der Waals surface area contributed by atoms with Crippen molar-refractivity contribution in [1.82, 2.24) is 5.32 Å². The Bertz CT molecular complexity index is 986. The van der Waals surface area contributed by atoms with Gasteiger partial charge in [0.15, 0.2) is 16.7 Å². The van der Waals surface area contributed by atoms with Gasteiger partial charge in [0.2, 0.25) is 0 Å². The van der Waals surface area contributed by atoms with Crippen molar-refractivity contribution in [1.29, 1.82) is 0 Å². The number of carbonyl (C=O) groups is 2. The molecular weight excluding hydrogens is 483 g/mol. The maximum atomic E-state index is 12.2. The molecule has 0 unspecified atom stereocenters. The minimum absolute atomic E-state index is 0.0517. The molecule has 1 aliphatic rings. The molecule has 1 heterocycles. The Morgan fingerprint density at radius 3 is 2.63 bits per heavy atom. The van der Waals surface area contributed by atoms with E-state index in [9.17, 15) is 14.7 Å². The van der Waals surface area contributed by atoms with E-state index in [1.54, 1.807) is 30.3 Å². The summed E-state index contributed by atoms with van der Waals surface area (Å²) in [5.41, 5.74) is 1.40. The van der Waals surface area contributed by atoms with E-state index in [1.165, 1.54) is 31.0 Å². The lowest BCUT2D eigenvalue weighted by molar-refractivity contribution is -0.115. The number of benzene rings is 2. The molecule has 0 aromatic heterocycles. The molecular formula is C18H13IN2O5S. The number of amidine groups is 1. The van der Waals surface area contributed by atoms with Gasteiger partial charge in [-0.25, -0.2) is 9.79 Å². The zero-order valence-corrected chi connectivity index (χ0v) is 16.9.